The summed E-state index contributed by atoms with van der Waals surface area (Å²) in [5, 5.41) is 10.9. The van der Waals surface area contributed by atoms with Crippen LogP contribution in [0.3, 0.4) is 0 Å². The summed E-state index contributed by atoms with van der Waals surface area (Å²) in [7, 11) is 1.23. The first-order valence-electron chi connectivity index (χ1n) is 8.15. The minimum atomic E-state index is -1.20. The number of methoxy groups -OCH3 is 1. The van der Waals surface area contributed by atoms with Crippen molar-refractivity contribution in [3.8, 4) is 0 Å². The van der Waals surface area contributed by atoms with Gasteiger partial charge in [-0.3, -0.25) is 14.9 Å². The number of esters is 2. The van der Waals surface area contributed by atoms with Gasteiger partial charge >= 0.3 is 11.9 Å². The molecule has 1 aromatic carbocycles. The van der Waals surface area contributed by atoms with Gasteiger partial charge in [-0.05, 0) is 38.5 Å². The lowest BCUT2D eigenvalue weighted by Crippen LogP contribution is -2.25. The monoisotopic (exact) mass is 389 g/mol. The van der Waals surface area contributed by atoms with E-state index in [1.54, 1.807) is 13.8 Å². The predicted octanol–water partition coefficient (Wildman–Crippen LogP) is 2.34. The Morgan fingerprint density at radius 3 is 2.43 bits per heavy atom. The van der Waals surface area contributed by atoms with Crippen LogP contribution in [0.15, 0.2) is 18.2 Å². The summed E-state index contributed by atoms with van der Waals surface area (Å²) < 4.78 is 9.82. The maximum atomic E-state index is 12.6. The number of nitrogens with zero attached hydrogens (tertiary/aromatic N) is 1. The third-order valence-electron chi connectivity index (χ3n) is 4.19. The van der Waals surface area contributed by atoms with Crippen LogP contribution in [0.4, 0.5) is 11.4 Å². The number of nitrogen functional groups attached to an aromatic ring is 1. The lowest BCUT2D eigenvalue weighted by atomic mass is 10.1. The number of ketones is 1. The molecule has 0 aliphatic carbocycles. The fourth-order valence-electron chi connectivity index (χ4n) is 2.72. The summed E-state index contributed by atoms with van der Waals surface area (Å²) in [6.45, 7) is 4.54. The Bertz CT molecular complexity index is 978. The molecule has 148 valence electrons. The fraction of sp³-hybridized carbons (Fsp3) is 0.278. The van der Waals surface area contributed by atoms with Gasteiger partial charge in [-0.25, -0.2) is 9.59 Å². The second kappa shape index (κ2) is 7.91. The minimum absolute atomic E-state index is 0.0986. The fourth-order valence-corrected chi connectivity index (χ4v) is 2.72. The molecule has 0 spiro atoms. The largest absolute Gasteiger partial charge is 0.465 e. The van der Waals surface area contributed by atoms with Crippen molar-refractivity contribution in [1.82, 2.24) is 4.98 Å². The molecular weight excluding hydrogens is 370 g/mol. The molecule has 0 bridgehead atoms. The van der Waals surface area contributed by atoms with Crippen LogP contribution in [0.1, 0.15) is 49.4 Å². The molecule has 2 aromatic rings. The number of aromatic amines is 1. The molecule has 0 amide bonds. The number of hydrogen-bond acceptors (Lipinski definition) is 8. The van der Waals surface area contributed by atoms with Gasteiger partial charge in [0.05, 0.1) is 28.9 Å². The van der Waals surface area contributed by atoms with Crippen molar-refractivity contribution in [2.75, 3.05) is 12.8 Å². The van der Waals surface area contributed by atoms with Crippen LogP contribution >= 0.6 is 0 Å². The predicted molar refractivity (Wildman–Crippen MR) is 98.3 cm³/mol. The molecule has 0 aliphatic rings. The topological polar surface area (TPSA) is 155 Å². The lowest BCUT2D eigenvalue weighted by molar-refractivity contribution is -0.383. The summed E-state index contributed by atoms with van der Waals surface area (Å²) in [6.07, 6.45) is -1.20. The maximum absolute atomic E-state index is 12.6. The number of Topliss-reactive ketones (excluding diaryl/α,β-unsaturated/α-hetero) is 1. The molecule has 1 heterocycles. The molecule has 3 N–H and O–H groups in total. The number of H-pyrrole nitrogens is 1. The maximum Gasteiger partial charge on any atom is 0.339 e. The van der Waals surface area contributed by atoms with Crippen molar-refractivity contribution in [3.05, 3.63) is 56.4 Å². The number of nitro groups is 1. The standard InChI is InChI=1S/C18H19N3O7/c1-8-14(18(24)27-4)9(2)20-15(8)16(22)10(3)28-17(23)11-5-6-12(19)13(7-11)21(25)26/h5-7,10,20H,19H2,1-4H3/t10-/m0/s1. The highest BCUT2D eigenvalue weighted by Crippen LogP contribution is 2.24. The van der Waals surface area contributed by atoms with Crippen LogP contribution in [-0.2, 0) is 9.47 Å². The van der Waals surface area contributed by atoms with Gasteiger partial charge in [-0.2, -0.15) is 0 Å². The van der Waals surface area contributed by atoms with E-state index in [-0.39, 0.29) is 22.5 Å². The van der Waals surface area contributed by atoms with Crippen LogP contribution in [-0.4, -0.2) is 40.8 Å². The number of benzene rings is 1. The number of nitrogens with two attached hydrogens (primary N) is 1. The molecule has 1 aromatic heterocycles. The number of nitro benzene ring substituents is 1. The van der Waals surface area contributed by atoms with Crippen LogP contribution in [0.2, 0.25) is 0 Å². The zero-order chi connectivity index (χ0) is 21.2. The van der Waals surface area contributed by atoms with Gasteiger partial charge in [0.15, 0.2) is 6.10 Å². The van der Waals surface area contributed by atoms with Crippen LogP contribution in [0.25, 0.3) is 0 Å². The zero-order valence-corrected chi connectivity index (χ0v) is 15.7. The Balaban J connectivity index is 2.24. The highest BCUT2D eigenvalue weighted by molar-refractivity contribution is 6.04. The molecule has 10 heteroatoms. The third kappa shape index (κ3) is 3.85. The Morgan fingerprint density at radius 1 is 1.21 bits per heavy atom. The van der Waals surface area contributed by atoms with E-state index in [1.165, 1.54) is 26.2 Å². The number of rotatable bonds is 6. The number of carbonyl (C=O) groups excluding carboxylic acids is 3. The molecule has 0 saturated heterocycles. The average Bonchev–Trinajstić information content (AvgIpc) is 2.94. The van der Waals surface area contributed by atoms with Gasteiger partial charge in [0.1, 0.15) is 5.69 Å². The van der Waals surface area contributed by atoms with Gasteiger partial charge < -0.3 is 20.2 Å². The van der Waals surface area contributed by atoms with Gasteiger partial charge in [0.2, 0.25) is 5.78 Å². The highest BCUT2D eigenvalue weighted by atomic mass is 16.6. The van der Waals surface area contributed by atoms with Crippen molar-refractivity contribution < 1.29 is 28.8 Å². The first kappa shape index (κ1) is 20.6. The normalized spacial score (nSPS) is 11.6. The van der Waals surface area contributed by atoms with E-state index in [4.69, 9.17) is 15.2 Å². The van der Waals surface area contributed by atoms with E-state index < -0.39 is 34.4 Å². The molecular formula is C18H19N3O7. The van der Waals surface area contributed by atoms with Crippen molar-refractivity contribution >= 4 is 29.1 Å². The zero-order valence-electron chi connectivity index (χ0n) is 15.7. The van der Waals surface area contributed by atoms with Crippen molar-refractivity contribution in [3.63, 3.8) is 0 Å². The van der Waals surface area contributed by atoms with Crippen LogP contribution in [0.5, 0.6) is 0 Å². The first-order chi connectivity index (χ1) is 13.1. The van der Waals surface area contributed by atoms with Crippen molar-refractivity contribution in [2.24, 2.45) is 0 Å². The number of carbonyl (C=O) groups is 3. The Kier molecular flexibility index (Phi) is 5.82. The van der Waals surface area contributed by atoms with E-state index in [1.807, 2.05) is 0 Å². The van der Waals surface area contributed by atoms with E-state index in [0.717, 1.165) is 6.07 Å². The number of aromatic nitrogens is 1. The number of ether oxygens (including phenoxy) is 2. The smallest absolute Gasteiger partial charge is 0.339 e. The second-order valence-electron chi connectivity index (χ2n) is 6.06. The number of nitrogens with one attached hydrogen (secondary N) is 1. The highest BCUT2D eigenvalue weighted by Gasteiger charge is 2.28. The molecule has 28 heavy (non-hydrogen) atoms. The Hall–Kier alpha value is -3.69. The molecule has 0 radical (unpaired) electrons. The summed E-state index contributed by atoms with van der Waals surface area (Å²) in [6, 6.07) is 3.46. The molecule has 2 rings (SSSR count). The van der Waals surface area contributed by atoms with Gasteiger partial charge in [0.25, 0.3) is 5.69 Å². The SMILES string of the molecule is COC(=O)c1c(C)[nH]c(C(=O)[C@H](C)OC(=O)c2ccc(N)c([N+](=O)[O-])c2)c1C. The van der Waals surface area contributed by atoms with E-state index in [9.17, 15) is 24.5 Å². The first-order valence-corrected chi connectivity index (χ1v) is 8.15. The summed E-state index contributed by atoms with van der Waals surface area (Å²) in [5.74, 6) is -2.07. The minimum Gasteiger partial charge on any atom is -0.465 e. The quantitative estimate of drug-likeness (QED) is 0.251. The molecule has 0 saturated carbocycles. The summed E-state index contributed by atoms with van der Waals surface area (Å²) >= 11 is 0. The summed E-state index contributed by atoms with van der Waals surface area (Å²) in [4.78, 5) is 49.8. The number of anilines is 1. The molecule has 1 atom stereocenters. The number of hydrogen-bond donors (Lipinski definition) is 2. The van der Waals surface area contributed by atoms with Crippen molar-refractivity contribution in [2.45, 2.75) is 26.9 Å². The molecule has 10 nitrogen and oxygen atoms in total. The van der Waals surface area contributed by atoms with E-state index in [0.29, 0.717) is 11.3 Å². The van der Waals surface area contributed by atoms with Crippen LogP contribution < -0.4 is 5.73 Å². The molecule has 0 unspecified atom stereocenters. The van der Waals surface area contributed by atoms with Crippen LogP contribution in [0, 0.1) is 24.0 Å². The molecule has 0 fully saturated rings. The summed E-state index contributed by atoms with van der Waals surface area (Å²) in [5.41, 5.74) is 6.01. The number of aryl methyl sites for hydroxylation is 1. The van der Waals surface area contributed by atoms with E-state index in [2.05, 4.69) is 4.98 Å². The van der Waals surface area contributed by atoms with Gasteiger partial charge in [0, 0.05) is 11.8 Å². The average molecular weight is 389 g/mol. The lowest BCUT2D eigenvalue weighted by Gasteiger charge is -2.12. The van der Waals surface area contributed by atoms with Gasteiger partial charge in [-0.15, -0.1) is 0 Å². The van der Waals surface area contributed by atoms with Crippen molar-refractivity contribution in [1.29, 1.82) is 0 Å². The third-order valence-corrected chi connectivity index (χ3v) is 4.19. The van der Waals surface area contributed by atoms with Gasteiger partial charge in [-0.1, -0.05) is 0 Å². The van der Waals surface area contributed by atoms with E-state index >= 15 is 0 Å². The Labute approximate surface area is 159 Å². The Morgan fingerprint density at radius 2 is 1.86 bits per heavy atom. The molecule has 0 aliphatic heterocycles. The second-order valence-corrected chi connectivity index (χ2v) is 6.06.